The van der Waals surface area contributed by atoms with Gasteiger partial charge in [0.1, 0.15) is 5.75 Å². The van der Waals surface area contributed by atoms with Gasteiger partial charge in [-0.15, -0.1) is 0 Å². The molecule has 1 aromatic carbocycles. The Morgan fingerprint density at radius 1 is 0.686 bits per heavy atom. The minimum absolute atomic E-state index is 0.241. The molecule has 35 heavy (non-hydrogen) atoms. The molecule has 0 unspecified atom stereocenters. The van der Waals surface area contributed by atoms with E-state index in [2.05, 4.69) is 37.7 Å². The van der Waals surface area contributed by atoms with E-state index in [0.717, 1.165) is 42.4 Å². The van der Waals surface area contributed by atoms with Crippen molar-refractivity contribution in [1.82, 2.24) is 9.97 Å². The average molecular weight is 483 g/mol. The highest BCUT2D eigenvalue weighted by Gasteiger charge is 2.06. The standard InChI is InChI=1S/C31H50N2O2/c1-5-7-8-15-18-27(4)35-29-21-19-28(20-22-29)31-32-24-30(25-33-31)34-23-16-13-11-9-10-12-14-17-26(3)6-2/h19-22,24-27H,5-18,23H2,1-4H3/t26-,27+/m0/s1. The van der Waals surface area contributed by atoms with Gasteiger partial charge in [-0.2, -0.15) is 0 Å². The molecule has 0 aliphatic heterocycles. The Morgan fingerprint density at radius 2 is 1.29 bits per heavy atom. The summed E-state index contributed by atoms with van der Waals surface area (Å²) < 4.78 is 11.9. The fourth-order valence-corrected chi connectivity index (χ4v) is 4.25. The highest BCUT2D eigenvalue weighted by atomic mass is 16.5. The van der Waals surface area contributed by atoms with Gasteiger partial charge < -0.3 is 9.47 Å². The molecule has 2 rings (SSSR count). The molecular weight excluding hydrogens is 432 g/mol. The molecule has 0 N–H and O–H groups in total. The van der Waals surface area contributed by atoms with Gasteiger partial charge >= 0.3 is 0 Å². The molecule has 0 saturated heterocycles. The maximum absolute atomic E-state index is 6.05. The van der Waals surface area contributed by atoms with Gasteiger partial charge in [-0.1, -0.05) is 91.4 Å². The fraction of sp³-hybridized carbons (Fsp3) is 0.677. The fourth-order valence-electron chi connectivity index (χ4n) is 4.25. The Labute approximate surface area is 215 Å². The van der Waals surface area contributed by atoms with Crippen LogP contribution in [-0.4, -0.2) is 22.7 Å². The number of benzene rings is 1. The zero-order chi connectivity index (χ0) is 25.1. The van der Waals surface area contributed by atoms with E-state index in [1.165, 1.54) is 77.0 Å². The Bertz CT molecular complexity index is 761. The number of aromatic nitrogens is 2. The van der Waals surface area contributed by atoms with Crippen molar-refractivity contribution in [3.05, 3.63) is 36.7 Å². The Balaban J connectivity index is 1.59. The molecule has 0 saturated carbocycles. The summed E-state index contributed by atoms with van der Waals surface area (Å²) in [7, 11) is 0. The number of hydrogen-bond acceptors (Lipinski definition) is 4. The van der Waals surface area contributed by atoms with Gasteiger partial charge in [0.05, 0.1) is 25.1 Å². The second-order valence-corrected chi connectivity index (χ2v) is 10.2. The molecule has 0 amide bonds. The van der Waals surface area contributed by atoms with Gasteiger partial charge in [-0.3, -0.25) is 0 Å². The molecule has 2 atom stereocenters. The van der Waals surface area contributed by atoms with Crippen molar-refractivity contribution in [2.24, 2.45) is 5.92 Å². The molecule has 1 aromatic heterocycles. The maximum atomic E-state index is 6.05. The summed E-state index contributed by atoms with van der Waals surface area (Å²) in [4.78, 5) is 8.99. The molecule has 0 aliphatic rings. The van der Waals surface area contributed by atoms with Gasteiger partial charge in [-0.25, -0.2) is 9.97 Å². The minimum Gasteiger partial charge on any atom is -0.491 e. The summed E-state index contributed by atoms with van der Waals surface area (Å²) in [6.45, 7) is 9.78. The third kappa shape index (κ3) is 13.0. The van der Waals surface area contributed by atoms with Crippen LogP contribution in [-0.2, 0) is 0 Å². The lowest BCUT2D eigenvalue weighted by Gasteiger charge is -2.14. The lowest BCUT2D eigenvalue weighted by molar-refractivity contribution is 0.206. The molecule has 4 nitrogen and oxygen atoms in total. The first kappa shape index (κ1) is 29.1. The van der Waals surface area contributed by atoms with Gasteiger partial charge in [0.2, 0.25) is 0 Å². The summed E-state index contributed by atoms with van der Waals surface area (Å²) in [5, 5.41) is 0. The number of nitrogens with zero attached hydrogens (tertiary/aromatic N) is 2. The third-order valence-electron chi connectivity index (χ3n) is 6.85. The molecule has 0 aliphatic carbocycles. The highest BCUT2D eigenvalue weighted by Crippen LogP contribution is 2.22. The second-order valence-electron chi connectivity index (χ2n) is 10.2. The third-order valence-corrected chi connectivity index (χ3v) is 6.85. The molecule has 0 bridgehead atoms. The van der Waals surface area contributed by atoms with Crippen LogP contribution in [0.2, 0.25) is 0 Å². The zero-order valence-corrected chi connectivity index (χ0v) is 22.9. The zero-order valence-electron chi connectivity index (χ0n) is 22.9. The maximum Gasteiger partial charge on any atom is 0.159 e. The quantitative estimate of drug-likeness (QED) is 0.176. The molecular formula is C31H50N2O2. The SMILES string of the molecule is CCCCCC[C@@H](C)Oc1ccc(-c2ncc(OCCCCCCCCC[C@@H](C)CC)cn2)cc1. The van der Waals surface area contributed by atoms with Crippen molar-refractivity contribution in [2.75, 3.05) is 6.61 Å². The van der Waals surface area contributed by atoms with E-state index in [9.17, 15) is 0 Å². The molecule has 4 heteroatoms. The van der Waals surface area contributed by atoms with Gasteiger partial charge in [-0.05, 0) is 56.4 Å². The number of hydrogen-bond donors (Lipinski definition) is 0. The van der Waals surface area contributed by atoms with E-state index in [-0.39, 0.29) is 6.10 Å². The Hall–Kier alpha value is -2.10. The van der Waals surface area contributed by atoms with E-state index in [4.69, 9.17) is 9.47 Å². The number of unbranched alkanes of at least 4 members (excludes halogenated alkanes) is 9. The normalized spacial score (nSPS) is 12.9. The molecule has 1 heterocycles. The topological polar surface area (TPSA) is 44.2 Å². The second kappa shape index (κ2) is 18.2. The molecule has 196 valence electrons. The highest BCUT2D eigenvalue weighted by molar-refractivity contribution is 5.56. The van der Waals surface area contributed by atoms with Gasteiger partial charge in [0, 0.05) is 5.56 Å². The van der Waals surface area contributed by atoms with Crippen molar-refractivity contribution in [1.29, 1.82) is 0 Å². The molecule has 2 aromatic rings. The van der Waals surface area contributed by atoms with E-state index >= 15 is 0 Å². The predicted octanol–water partition coefficient (Wildman–Crippen LogP) is 9.43. The Morgan fingerprint density at radius 3 is 1.94 bits per heavy atom. The van der Waals surface area contributed by atoms with Crippen molar-refractivity contribution in [2.45, 2.75) is 124 Å². The van der Waals surface area contributed by atoms with Crippen LogP contribution in [0.25, 0.3) is 11.4 Å². The number of rotatable bonds is 20. The van der Waals surface area contributed by atoms with Crippen molar-refractivity contribution >= 4 is 0 Å². The van der Waals surface area contributed by atoms with E-state index in [0.29, 0.717) is 5.82 Å². The summed E-state index contributed by atoms with van der Waals surface area (Å²) in [5.74, 6) is 3.26. The molecule has 0 radical (unpaired) electrons. The van der Waals surface area contributed by atoms with Gasteiger partial charge in [0.25, 0.3) is 0 Å². The van der Waals surface area contributed by atoms with Crippen LogP contribution in [0.5, 0.6) is 11.5 Å². The predicted molar refractivity (Wildman–Crippen MR) is 148 cm³/mol. The summed E-state index contributed by atoms with van der Waals surface area (Å²) in [5.41, 5.74) is 0.989. The molecule has 0 spiro atoms. The largest absolute Gasteiger partial charge is 0.491 e. The van der Waals surface area contributed by atoms with Crippen molar-refractivity contribution < 1.29 is 9.47 Å². The monoisotopic (exact) mass is 482 g/mol. The summed E-state index contributed by atoms with van der Waals surface area (Å²) >= 11 is 0. The first-order valence-electron chi connectivity index (χ1n) is 14.3. The van der Waals surface area contributed by atoms with Crippen LogP contribution in [0, 0.1) is 5.92 Å². The van der Waals surface area contributed by atoms with E-state index in [1.54, 1.807) is 12.4 Å². The number of ether oxygens (including phenoxy) is 2. The van der Waals surface area contributed by atoms with Crippen LogP contribution < -0.4 is 9.47 Å². The Kier molecular flexibility index (Phi) is 15.2. The lowest BCUT2D eigenvalue weighted by atomic mass is 10.00. The van der Waals surface area contributed by atoms with E-state index in [1.807, 2.05) is 24.3 Å². The minimum atomic E-state index is 0.241. The van der Waals surface area contributed by atoms with Crippen molar-refractivity contribution in [3.63, 3.8) is 0 Å². The first-order chi connectivity index (χ1) is 17.1. The summed E-state index contributed by atoms with van der Waals surface area (Å²) in [6, 6.07) is 8.08. The average Bonchev–Trinajstić information content (AvgIpc) is 2.88. The molecule has 0 fully saturated rings. The smallest absolute Gasteiger partial charge is 0.159 e. The summed E-state index contributed by atoms with van der Waals surface area (Å²) in [6.07, 6.45) is 21.8. The van der Waals surface area contributed by atoms with Crippen LogP contribution in [0.1, 0.15) is 118 Å². The first-order valence-corrected chi connectivity index (χ1v) is 14.3. The van der Waals surface area contributed by atoms with Crippen LogP contribution in [0.3, 0.4) is 0 Å². The van der Waals surface area contributed by atoms with Crippen molar-refractivity contribution in [3.8, 4) is 22.9 Å². The lowest BCUT2D eigenvalue weighted by Crippen LogP contribution is -2.11. The van der Waals surface area contributed by atoms with Crippen LogP contribution in [0.15, 0.2) is 36.7 Å². The van der Waals surface area contributed by atoms with Crippen LogP contribution in [0.4, 0.5) is 0 Å². The van der Waals surface area contributed by atoms with Crippen LogP contribution >= 0.6 is 0 Å². The van der Waals surface area contributed by atoms with E-state index < -0.39 is 0 Å². The van der Waals surface area contributed by atoms with Gasteiger partial charge in [0.15, 0.2) is 11.6 Å².